The molecule has 1 unspecified atom stereocenters. The van der Waals surface area contributed by atoms with Crippen LogP contribution in [0.3, 0.4) is 0 Å². The molecule has 0 radical (unpaired) electrons. The van der Waals surface area contributed by atoms with Crippen molar-refractivity contribution in [3.05, 3.63) is 173 Å². The van der Waals surface area contributed by atoms with Crippen LogP contribution in [0, 0.1) is 5.41 Å². The Balaban J connectivity index is 0.000000108. The van der Waals surface area contributed by atoms with Gasteiger partial charge >= 0.3 is 30.2 Å². The third-order valence-electron chi connectivity index (χ3n) is 30.3. The summed E-state index contributed by atoms with van der Waals surface area (Å²) in [4.78, 5) is 62.8. The van der Waals surface area contributed by atoms with Gasteiger partial charge in [-0.15, -0.1) is 0 Å². The van der Waals surface area contributed by atoms with Gasteiger partial charge in [0.25, 0.3) is 50.1 Å². The molecule has 48 heteroatoms. The maximum atomic E-state index is 12.9. The summed E-state index contributed by atoms with van der Waals surface area (Å²) in [6.45, 7) is 8.05. The second-order valence-corrected chi connectivity index (χ2v) is 49.0. The van der Waals surface area contributed by atoms with Gasteiger partial charge in [-0.1, -0.05) is 44.2 Å². The first-order valence-corrected chi connectivity index (χ1v) is 58.2. The smallest absolute Gasteiger partial charge is 0.333 e. The van der Waals surface area contributed by atoms with E-state index in [9.17, 15) is 66.1 Å². The summed E-state index contributed by atoms with van der Waals surface area (Å²) in [7, 11) is -15.7. The number of aromatic nitrogens is 10. The van der Waals surface area contributed by atoms with E-state index in [1.807, 2.05) is 20.9 Å². The van der Waals surface area contributed by atoms with Gasteiger partial charge in [0.15, 0.2) is 24.5 Å². The van der Waals surface area contributed by atoms with E-state index >= 15 is 0 Å². The van der Waals surface area contributed by atoms with Crippen LogP contribution in [0.4, 0.5) is 52.4 Å². The minimum absolute atomic E-state index is 0.0477. The maximum absolute atomic E-state index is 12.9. The fourth-order valence-electron chi connectivity index (χ4n) is 23.3. The summed E-state index contributed by atoms with van der Waals surface area (Å²) < 4.78 is 185. The average Bonchev–Trinajstić information content (AvgIpc) is 1.55. The van der Waals surface area contributed by atoms with Crippen LogP contribution in [0.1, 0.15) is 196 Å². The van der Waals surface area contributed by atoms with Crippen molar-refractivity contribution >= 4 is 109 Å². The number of anilines is 5. The molecule has 10 heterocycles. The first kappa shape index (κ1) is 101. The molecule has 11 N–H and O–H groups in total. The molecule has 0 spiro atoms. The molecule has 15 aliphatic rings. The minimum atomic E-state index is -4.14. The number of sulfonamides is 5. The van der Waals surface area contributed by atoms with Crippen LogP contribution in [-0.2, 0) is 221 Å². The van der Waals surface area contributed by atoms with Gasteiger partial charge in [-0.3, -0.25) is 0 Å². The molecule has 148 heavy (non-hydrogen) atoms. The number of likely N-dealkylation sites (N-methyl/N-ethyl adjacent to an activating group) is 1. The third-order valence-corrected chi connectivity index (χ3v) is 36.9. The molecule has 10 amide bonds. The quantitative estimate of drug-likeness (QED) is 0.0380. The van der Waals surface area contributed by atoms with Gasteiger partial charge in [0, 0.05) is 61.0 Å². The number of methoxy groups -OCH3 is 2. The number of fused-ring (bicyclic) bond motifs is 15. The first-order chi connectivity index (χ1) is 71.1. The molecule has 5 aliphatic heterocycles. The zero-order chi connectivity index (χ0) is 103. The lowest BCUT2D eigenvalue weighted by Gasteiger charge is -2.30. The van der Waals surface area contributed by atoms with Gasteiger partial charge in [0.1, 0.15) is 32.0 Å². The minimum Gasteiger partial charge on any atom is -0.477 e. The molecular formula is C100H121N21O22S5. The number of urea groups is 5. The lowest BCUT2D eigenvalue weighted by atomic mass is 9.94. The molecule has 5 aromatic heterocycles. The Morgan fingerprint density at radius 1 is 0.311 bits per heavy atom. The zero-order valence-electron chi connectivity index (χ0n) is 83.0. The Bertz CT molecular complexity index is 7070. The van der Waals surface area contributed by atoms with Gasteiger partial charge in [-0.25, -0.2) is 113 Å². The number of nitrogens with one attached hydrogen (secondary N) is 11. The summed E-state index contributed by atoms with van der Waals surface area (Å²) in [6, 6.07) is 7.57. The standard InChI is InChI=1S/C21H26N4O4S.C20H25N5O4S.2C20H24N4O5S.C19H22N4O4S/c1-21(2)11-25-19(29-12-21)17(10-22-25)30(27,28)24-20(26)23-18-15-7-3-5-13(15)9-14-6-4-8-16(14)18;1-21-14-10-25-19(29-11-14)17(9-22-25)30(27,28)24-20(26)23-18-15-6-2-4-12(15)8-13-5-3-7-16(13)18;2*1-28-14-10-24-19(29-11-14)17(9-21-24)30(26,27)23-20(25)22-18-15-6-2-4-12(15)8-13-5-3-7-16(13)18;24-19(22-28(25,26)16-11-20-23-8-3-9-27-18(16)23)21-17-14-6-1-4-12(14)10-13-5-2-7-15(13)17/h9-10H,3-8,11-12H2,1-2H3,(H2,23,24,26);8-9,14,21H,2-7,10-11H2,1H3,(H2,23,24,26);2*8-9,14H,2-7,10-11H2,1H3,(H2,22,23,25);10-11H,1-9H2,(H2,21,22,24)/t;2*14-;;/m.11../s1. The second kappa shape index (κ2) is 40.9. The zero-order valence-corrected chi connectivity index (χ0v) is 87.1. The van der Waals surface area contributed by atoms with Gasteiger partial charge in [-0.2, -0.15) is 25.5 Å². The van der Waals surface area contributed by atoms with E-state index in [4.69, 9.17) is 33.2 Å². The highest BCUT2D eigenvalue weighted by atomic mass is 32.2. The van der Waals surface area contributed by atoms with Gasteiger partial charge in [0.2, 0.25) is 29.4 Å². The Labute approximate surface area is 856 Å². The molecule has 788 valence electrons. The fourth-order valence-corrected chi connectivity index (χ4v) is 28.3. The van der Waals surface area contributed by atoms with Crippen molar-refractivity contribution in [2.75, 3.05) is 80.9 Å². The number of aryl methyl sites for hydroxylation is 11. The van der Waals surface area contributed by atoms with Crippen molar-refractivity contribution in [1.29, 1.82) is 0 Å². The topological polar surface area (TPSA) is 542 Å². The van der Waals surface area contributed by atoms with Crippen molar-refractivity contribution < 1.29 is 99.2 Å². The van der Waals surface area contributed by atoms with Gasteiger partial charge in [0.05, 0.1) is 76.4 Å². The molecule has 0 bridgehead atoms. The predicted octanol–water partition coefficient (Wildman–Crippen LogP) is 9.85. The van der Waals surface area contributed by atoms with Crippen LogP contribution >= 0.6 is 0 Å². The summed E-state index contributed by atoms with van der Waals surface area (Å²) in [6.07, 6.45) is 36.1. The largest absolute Gasteiger partial charge is 0.477 e. The summed E-state index contributed by atoms with van der Waals surface area (Å²) in [5, 5.41) is 37.7. The highest BCUT2D eigenvalue weighted by Crippen LogP contribution is 2.47. The lowest BCUT2D eigenvalue weighted by Crippen LogP contribution is -2.40. The molecule has 10 aliphatic carbocycles. The third kappa shape index (κ3) is 20.3. The number of hydrogen-bond acceptors (Lipinski definition) is 28. The highest BCUT2D eigenvalue weighted by Gasteiger charge is 2.42. The van der Waals surface area contributed by atoms with E-state index in [1.165, 1.54) is 110 Å². The van der Waals surface area contributed by atoms with Crippen molar-refractivity contribution in [1.82, 2.24) is 77.8 Å². The van der Waals surface area contributed by atoms with Crippen molar-refractivity contribution in [3.63, 3.8) is 0 Å². The maximum Gasteiger partial charge on any atom is 0.333 e. The number of amides is 10. The Morgan fingerprint density at radius 2 is 0.547 bits per heavy atom. The predicted molar refractivity (Wildman–Crippen MR) is 541 cm³/mol. The number of benzene rings is 5. The molecule has 0 fully saturated rings. The Hall–Kier alpha value is -12.9. The van der Waals surface area contributed by atoms with Crippen LogP contribution in [0.2, 0.25) is 0 Å². The van der Waals surface area contributed by atoms with Crippen molar-refractivity contribution in [2.24, 2.45) is 5.41 Å². The Morgan fingerprint density at radius 3 is 0.811 bits per heavy atom. The molecular weight excluding hydrogens is 2010 g/mol. The molecule has 0 saturated heterocycles. The van der Waals surface area contributed by atoms with E-state index < -0.39 is 80.3 Å². The number of carbonyl (C=O) groups excluding carboxylic acids is 5. The van der Waals surface area contributed by atoms with E-state index in [-0.39, 0.29) is 90.8 Å². The average molecular weight is 2130 g/mol. The van der Waals surface area contributed by atoms with Crippen LogP contribution < -0.4 is 79.2 Å². The van der Waals surface area contributed by atoms with Crippen LogP contribution in [0.5, 0.6) is 29.4 Å². The fraction of sp³-hybridized carbons (Fsp3) is 0.500. The molecule has 43 nitrogen and oxygen atoms in total. The summed E-state index contributed by atoms with van der Waals surface area (Å²) in [5.74, 6) is 0.752. The van der Waals surface area contributed by atoms with Crippen LogP contribution in [0.25, 0.3) is 0 Å². The number of hydrogen-bond donors (Lipinski definition) is 11. The molecule has 25 rings (SSSR count). The summed E-state index contributed by atoms with van der Waals surface area (Å²) >= 11 is 0. The van der Waals surface area contributed by atoms with Gasteiger partial charge < -0.3 is 65.1 Å². The van der Waals surface area contributed by atoms with Crippen molar-refractivity contribution in [3.8, 4) is 29.4 Å². The summed E-state index contributed by atoms with van der Waals surface area (Å²) in [5.41, 5.74) is 28.0. The van der Waals surface area contributed by atoms with Crippen LogP contribution in [-0.4, -0.2) is 194 Å². The molecule has 10 aromatic rings. The van der Waals surface area contributed by atoms with E-state index in [2.05, 4.69) is 111 Å². The van der Waals surface area contributed by atoms with Gasteiger partial charge in [-0.05, 0) is 311 Å². The van der Waals surface area contributed by atoms with Crippen LogP contribution in [0.15, 0.2) is 85.8 Å². The SMILES string of the molecule is CC1(C)COc2c(S(=O)(=O)NC(=O)Nc3c4c(cc5c3CCC5)CCC4)cnn2C1.CN[C@H]1COc2c(S(=O)(=O)NC(=O)Nc3c4c(cc5c3CCC5)CCC4)cnn2C1.COC1COc2c(S(=O)(=O)NC(=O)Nc3c4c(cc5c3CCC5)CCC4)cnn2C1.CO[C@H]1COc2c(S(=O)(=O)NC(=O)Nc3c4c(cc5c3CCC5)CCC4)cnn2C1.O=C(Nc1c2c(cc3c1CCC3)CCC2)NS(=O)(=O)c1cnn2c1OCCC2. The first-order valence-electron chi connectivity index (χ1n) is 50.8. The molecule has 0 saturated carbocycles. The monoisotopic (exact) mass is 2130 g/mol. The normalized spacial score (nSPS) is 19.0. The number of nitrogens with zero attached hydrogens (tertiary/aromatic N) is 10. The Kier molecular flexibility index (Phi) is 27.9. The van der Waals surface area contributed by atoms with E-state index in [0.717, 1.165) is 283 Å². The number of rotatable bonds is 18. The van der Waals surface area contributed by atoms with E-state index in [0.29, 0.717) is 52.5 Å². The second-order valence-electron chi connectivity index (χ2n) is 40.8. The highest BCUT2D eigenvalue weighted by molar-refractivity contribution is 7.91. The number of carbonyl (C=O) groups is 5. The van der Waals surface area contributed by atoms with E-state index in [1.54, 1.807) is 14.2 Å². The lowest BCUT2D eigenvalue weighted by molar-refractivity contribution is 0.0165. The van der Waals surface area contributed by atoms with Crippen molar-refractivity contribution in [2.45, 2.75) is 288 Å². The number of ether oxygens (including phenoxy) is 7. The molecule has 3 atom stereocenters. The molecule has 5 aromatic carbocycles.